The molecule has 1 heterocycles. The van der Waals surface area contributed by atoms with Crippen LogP contribution in [0.15, 0.2) is 104 Å². The Morgan fingerprint density at radius 1 is 0.792 bits per heavy atom. The van der Waals surface area contributed by atoms with Gasteiger partial charge < -0.3 is 15.3 Å². The summed E-state index contributed by atoms with van der Waals surface area (Å²) in [6.45, 7) is 3.89. The van der Waals surface area contributed by atoms with E-state index in [1.165, 1.54) is 18.2 Å². The van der Waals surface area contributed by atoms with Gasteiger partial charge in [0, 0.05) is 23.0 Å². The maximum absolute atomic E-state index is 12.6. The van der Waals surface area contributed by atoms with Crippen molar-refractivity contribution in [2.75, 3.05) is 16.8 Å². The minimum Gasteiger partial charge on any atom is -0.505 e. The van der Waals surface area contributed by atoms with Gasteiger partial charge in [-0.05, 0) is 78.2 Å². The molecule has 0 fully saturated rings. The zero-order valence-corrected chi connectivity index (χ0v) is 30.4. The summed E-state index contributed by atoms with van der Waals surface area (Å²) >= 11 is 6.25. The lowest BCUT2D eigenvalue weighted by atomic mass is 10.1. The molecule has 0 saturated heterocycles. The Bertz CT molecular complexity index is 2830. The lowest BCUT2D eigenvalue weighted by molar-refractivity contribution is 0.472. The Kier molecular flexibility index (Phi) is 9.81. The first-order valence-corrected chi connectivity index (χ1v) is 19.8. The van der Waals surface area contributed by atoms with Crippen molar-refractivity contribution in [2.24, 2.45) is 10.2 Å². The van der Waals surface area contributed by atoms with Crippen molar-refractivity contribution in [3.63, 3.8) is 0 Å². The van der Waals surface area contributed by atoms with Gasteiger partial charge in [-0.1, -0.05) is 42.5 Å². The molecular weight excluding hydrogens is 774 g/mol. The highest BCUT2D eigenvalue weighted by molar-refractivity contribution is 7.86. The Morgan fingerprint density at radius 2 is 1.51 bits per heavy atom. The number of fused-ring (bicyclic) bond motifs is 2. The van der Waals surface area contributed by atoms with E-state index in [2.05, 4.69) is 30.5 Å². The van der Waals surface area contributed by atoms with Crippen LogP contribution in [0.25, 0.3) is 21.5 Å². The Balaban J connectivity index is 1.59. The monoisotopic (exact) mass is 799 g/mol. The van der Waals surface area contributed by atoms with Crippen LogP contribution < -0.4 is 10.2 Å². The second-order valence-electron chi connectivity index (χ2n) is 11.3. The number of rotatable bonds is 10. The summed E-state index contributed by atoms with van der Waals surface area (Å²) in [5, 5.41) is 21.5. The van der Waals surface area contributed by atoms with E-state index < -0.39 is 62.2 Å². The maximum Gasteiger partial charge on any atom is 0.297 e. The standard InChI is InChI=1S/C32H26ClN7O10S3/c1-3-40(19-9-5-4-6-10-19)32-36-30(33)35-31(37-32)34-24-16-20(51(42,43)44)14-18-15-25(52(45,46)47)27(28(41)26(18)24)39-38-23-13-12-21-17(2)8-7-11-22(21)29(23)53(48,49)50/h4-16,41H,3H2,1-2H3,(H,42,43,44)(H,45,46,47)(H,48,49,50)(H,34,35,36,37). The number of aryl methyl sites for hydroxylation is 1. The lowest BCUT2D eigenvalue weighted by Gasteiger charge is -2.21. The van der Waals surface area contributed by atoms with Crippen LogP contribution in [0.3, 0.4) is 0 Å². The van der Waals surface area contributed by atoms with Crippen molar-refractivity contribution in [1.29, 1.82) is 0 Å². The molecule has 0 amide bonds. The van der Waals surface area contributed by atoms with Gasteiger partial charge in [-0.15, -0.1) is 10.2 Å². The number of benzene rings is 5. The van der Waals surface area contributed by atoms with E-state index in [0.29, 0.717) is 23.2 Å². The van der Waals surface area contributed by atoms with E-state index in [-0.39, 0.29) is 39.0 Å². The molecule has 21 heteroatoms. The second kappa shape index (κ2) is 13.9. The summed E-state index contributed by atoms with van der Waals surface area (Å²) in [4.78, 5) is 11.7. The van der Waals surface area contributed by atoms with Gasteiger partial charge in [0.15, 0.2) is 5.75 Å². The van der Waals surface area contributed by atoms with Gasteiger partial charge in [0.05, 0.1) is 10.6 Å². The van der Waals surface area contributed by atoms with Gasteiger partial charge in [0.2, 0.25) is 17.2 Å². The van der Waals surface area contributed by atoms with Crippen molar-refractivity contribution in [1.82, 2.24) is 15.0 Å². The summed E-state index contributed by atoms with van der Waals surface area (Å²) in [5.74, 6) is -1.23. The third-order valence-electron chi connectivity index (χ3n) is 7.89. The van der Waals surface area contributed by atoms with Crippen LogP contribution in [-0.4, -0.2) is 65.5 Å². The normalized spacial score (nSPS) is 12.5. The molecule has 274 valence electrons. The predicted octanol–water partition coefficient (Wildman–Crippen LogP) is 6.90. The molecule has 0 bridgehead atoms. The Labute approximate surface area is 306 Å². The number of hydrogen-bond donors (Lipinski definition) is 5. The van der Waals surface area contributed by atoms with E-state index in [1.807, 2.05) is 13.0 Å². The molecular formula is C32H26ClN7O10S3. The van der Waals surface area contributed by atoms with E-state index in [9.17, 15) is 44.0 Å². The van der Waals surface area contributed by atoms with Crippen molar-refractivity contribution in [3.8, 4) is 5.75 Å². The van der Waals surface area contributed by atoms with Crippen molar-refractivity contribution < 1.29 is 44.0 Å². The molecule has 0 unspecified atom stereocenters. The van der Waals surface area contributed by atoms with Crippen LogP contribution in [0.5, 0.6) is 5.75 Å². The quantitative estimate of drug-likeness (QED) is 0.0697. The maximum atomic E-state index is 12.6. The SMILES string of the molecule is CCN(c1ccccc1)c1nc(Cl)nc(Nc2cc(S(=O)(=O)O)cc3cc(S(=O)(=O)O)c(N=Nc4ccc5c(C)cccc5c4S(=O)(=O)O)c(O)c23)n1. The van der Waals surface area contributed by atoms with Gasteiger partial charge in [-0.3, -0.25) is 13.7 Å². The summed E-state index contributed by atoms with van der Waals surface area (Å²) in [6, 6.07) is 18.7. The minimum atomic E-state index is -5.27. The van der Waals surface area contributed by atoms with Crippen LogP contribution in [0.2, 0.25) is 5.28 Å². The molecule has 6 rings (SSSR count). The summed E-state index contributed by atoms with van der Waals surface area (Å²) < 4.78 is 105. The largest absolute Gasteiger partial charge is 0.505 e. The number of anilines is 4. The molecule has 1 aromatic heterocycles. The van der Waals surface area contributed by atoms with Crippen molar-refractivity contribution in [2.45, 2.75) is 28.5 Å². The summed E-state index contributed by atoms with van der Waals surface area (Å²) in [7, 11) is -15.2. The zero-order valence-electron chi connectivity index (χ0n) is 27.2. The number of azo groups is 1. The predicted molar refractivity (Wildman–Crippen MR) is 195 cm³/mol. The molecule has 5 N–H and O–H groups in total. The zero-order chi connectivity index (χ0) is 38.5. The lowest BCUT2D eigenvalue weighted by Crippen LogP contribution is -2.19. The fourth-order valence-electron chi connectivity index (χ4n) is 5.61. The number of hydrogen-bond acceptors (Lipinski definition) is 14. The second-order valence-corrected chi connectivity index (χ2v) is 15.8. The number of phenols is 1. The van der Waals surface area contributed by atoms with Crippen LogP contribution in [0, 0.1) is 6.92 Å². The molecule has 0 radical (unpaired) electrons. The Morgan fingerprint density at radius 3 is 2.15 bits per heavy atom. The first kappa shape index (κ1) is 37.4. The average Bonchev–Trinajstić information content (AvgIpc) is 3.06. The van der Waals surface area contributed by atoms with Crippen molar-refractivity contribution in [3.05, 3.63) is 89.7 Å². The van der Waals surface area contributed by atoms with Gasteiger partial charge in [-0.25, -0.2) is 0 Å². The van der Waals surface area contributed by atoms with Gasteiger partial charge >= 0.3 is 0 Å². The van der Waals surface area contributed by atoms with E-state index in [1.54, 1.807) is 48.2 Å². The third-order valence-corrected chi connectivity index (χ3v) is 10.7. The average molecular weight is 800 g/mol. The highest BCUT2D eigenvalue weighted by atomic mass is 35.5. The number of aromatic hydroxyl groups is 1. The number of para-hydroxylation sites is 1. The molecule has 0 saturated carbocycles. The fourth-order valence-corrected chi connectivity index (χ4v) is 7.80. The first-order valence-electron chi connectivity index (χ1n) is 15.1. The van der Waals surface area contributed by atoms with Crippen LogP contribution in [0.1, 0.15) is 12.5 Å². The summed E-state index contributed by atoms with van der Waals surface area (Å²) in [6.07, 6.45) is 0. The van der Waals surface area contributed by atoms with Gasteiger partial charge in [0.25, 0.3) is 30.4 Å². The first-order chi connectivity index (χ1) is 24.9. The molecule has 0 atom stereocenters. The van der Waals surface area contributed by atoms with Crippen LogP contribution in [-0.2, 0) is 30.4 Å². The molecule has 17 nitrogen and oxygen atoms in total. The smallest absolute Gasteiger partial charge is 0.297 e. The third kappa shape index (κ3) is 7.60. The molecule has 0 aliphatic carbocycles. The van der Waals surface area contributed by atoms with E-state index >= 15 is 0 Å². The van der Waals surface area contributed by atoms with Crippen LogP contribution in [0.4, 0.5) is 34.6 Å². The molecule has 6 aromatic rings. The van der Waals surface area contributed by atoms with Crippen LogP contribution >= 0.6 is 11.6 Å². The molecule has 53 heavy (non-hydrogen) atoms. The number of halogens is 1. The van der Waals surface area contributed by atoms with E-state index in [0.717, 1.165) is 18.2 Å². The minimum absolute atomic E-state index is 0.0593. The summed E-state index contributed by atoms with van der Waals surface area (Å²) in [5.41, 5.74) is -0.357. The molecule has 0 spiro atoms. The van der Waals surface area contributed by atoms with Gasteiger partial charge in [0.1, 0.15) is 21.2 Å². The number of aromatic nitrogens is 3. The van der Waals surface area contributed by atoms with E-state index in [4.69, 9.17) is 11.6 Å². The Hall–Kier alpha value is -5.35. The highest BCUT2D eigenvalue weighted by Crippen LogP contribution is 2.46. The van der Waals surface area contributed by atoms with Gasteiger partial charge in [-0.2, -0.15) is 40.2 Å². The highest BCUT2D eigenvalue weighted by Gasteiger charge is 2.27. The number of phenolic OH excluding ortho intramolecular Hbond substituents is 1. The topological polar surface area (TPSA) is 262 Å². The van der Waals surface area contributed by atoms with Crippen molar-refractivity contribution >= 4 is 98.1 Å². The number of nitrogens with one attached hydrogen (secondary N) is 1. The fraction of sp³-hybridized carbons (Fsp3) is 0.0938. The molecule has 0 aliphatic heterocycles. The molecule has 0 aliphatic rings. The number of nitrogens with zero attached hydrogens (tertiary/aromatic N) is 6. The molecule has 5 aromatic carbocycles.